The molecule has 0 amide bonds. The average molecular weight is 326 g/mol. The van der Waals surface area contributed by atoms with Gasteiger partial charge in [0.2, 0.25) is 0 Å². The first-order valence-corrected chi connectivity index (χ1v) is 7.34. The summed E-state index contributed by atoms with van der Waals surface area (Å²) >= 11 is 0. The van der Waals surface area contributed by atoms with E-state index in [0.29, 0.717) is 22.6 Å². The molecule has 0 aliphatic rings. The molecular formula is C18H18N2O4. The quantitative estimate of drug-likeness (QED) is 0.846. The summed E-state index contributed by atoms with van der Waals surface area (Å²) in [6, 6.07) is 9.90. The lowest BCUT2D eigenvalue weighted by Gasteiger charge is -2.22. The van der Waals surface area contributed by atoms with E-state index in [1.54, 1.807) is 18.2 Å². The molecule has 6 heteroatoms. The zero-order chi connectivity index (χ0) is 17.7. The predicted molar refractivity (Wildman–Crippen MR) is 87.7 cm³/mol. The van der Waals surface area contributed by atoms with Crippen molar-refractivity contribution in [3.05, 3.63) is 47.7 Å². The number of aliphatic hydroxyl groups excluding tert-OH is 1. The van der Waals surface area contributed by atoms with Crippen molar-refractivity contribution in [1.82, 2.24) is 4.98 Å². The molecule has 24 heavy (non-hydrogen) atoms. The van der Waals surface area contributed by atoms with Crippen LogP contribution in [0.15, 0.2) is 36.5 Å². The number of rotatable bonds is 6. The molecule has 0 radical (unpaired) electrons. The van der Waals surface area contributed by atoms with Crippen LogP contribution in [0.5, 0.6) is 5.75 Å². The number of benzene rings is 1. The van der Waals surface area contributed by atoms with Crippen LogP contribution in [0, 0.1) is 16.7 Å². The Bertz CT molecular complexity index is 794. The number of carbonyl (C=O) groups is 1. The predicted octanol–water partition coefficient (Wildman–Crippen LogP) is 2.72. The highest BCUT2D eigenvalue weighted by molar-refractivity contribution is 5.88. The maximum absolute atomic E-state index is 11.0. The summed E-state index contributed by atoms with van der Waals surface area (Å²) in [5.41, 5.74) is 1.13. The first-order valence-electron chi connectivity index (χ1n) is 7.34. The Morgan fingerprint density at radius 3 is 2.71 bits per heavy atom. The third-order valence-electron chi connectivity index (χ3n) is 3.45. The van der Waals surface area contributed by atoms with Crippen LogP contribution in [0.4, 0.5) is 0 Å². The van der Waals surface area contributed by atoms with E-state index in [9.17, 15) is 15.2 Å². The summed E-state index contributed by atoms with van der Waals surface area (Å²) in [5.74, 6) is -0.623. The lowest BCUT2D eigenvalue weighted by Crippen LogP contribution is -2.25. The molecule has 1 heterocycles. The molecule has 0 saturated carbocycles. The van der Waals surface area contributed by atoms with Gasteiger partial charge in [-0.25, -0.2) is 4.79 Å². The summed E-state index contributed by atoms with van der Waals surface area (Å²) in [5, 5.41) is 27.6. The highest BCUT2D eigenvalue weighted by Crippen LogP contribution is 2.27. The number of ether oxygens (including phenoxy) is 1. The Morgan fingerprint density at radius 1 is 1.33 bits per heavy atom. The average Bonchev–Trinajstić information content (AvgIpc) is 2.60. The van der Waals surface area contributed by atoms with Gasteiger partial charge < -0.3 is 14.9 Å². The number of carboxylic acid groups (broad SMARTS) is 1. The van der Waals surface area contributed by atoms with Crippen molar-refractivity contribution in [3.63, 3.8) is 0 Å². The zero-order valence-corrected chi connectivity index (χ0v) is 13.5. The first kappa shape index (κ1) is 17.4. The lowest BCUT2D eigenvalue weighted by atomic mass is 9.96. The number of nitriles is 1. The number of aromatic nitrogens is 1. The minimum absolute atomic E-state index is 0.0289. The molecule has 2 rings (SSSR count). The maximum atomic E-state index is 11.0. The van der Waals surface area contributed by atoms with Crippen LogP contribution < -0.4 is 4.74 Å². The monoisotopic (exact) mass is 326 g/mol. The number of hydrogen-bond acceptors (Lipinski definition) is 5. The van der Waals surface area contributed by atoms with Crippen molar-refractivity contribution >= 4 is 5.97 Å². The summed E-state index contributed by atoms with van der Waals surface area (Å²) < 4.78 is 5.64. The Balaban J connectivity index is 2.31. The molecular weight excluding hydrogens is 308 g/mol. The smallest absolute Gasteiger partial charge is 0.335 e. The molecule has 124 valence electrons. The molecule has 0 saturated heterocycles. The van der Waals surface area contributed by atoms with E-state index >= 15 is 0 Å². The van der Waals surface area contributed by atoms with Gasteiger partial charge in [-0.1, -0.05) is 13.8 Å². The highest BCUT2D eigenvalue weighted by atomic mass is 16.5. The molecule has 0 aliphatic heterocycles. The fraction of sp³-hybridized carbons (Fsp3) is 0.278. The summed E-state index contributed by atoms with van der Waals surface area (Å²) in [6.45, 7) is 3.95. The van der Waals surface area contributed by atoms with E-state index in [4.69, 9.17) is 9.84 Å². The van der Waals surface area contributed by atoms with Gasteiger partial charge in [-0.2, -0.15) is 5.26 Å². The fourth-order valence-corrected chi connectivity index (χ4v) is 1.94. The first-order chi connectivity index (χ1) is 11.4. The van der Waals surface area contributed by atoms with Crippen molar-refractivity contribution in [3.8, 4) is 23.1 Å². The van der Waals surface area contributed by atoms with Gasteiger partial charge >= 0.3 is 5.97 Å². The molecule has 0 fully saturated rings. The van der Waals surface area contributed by atoms with Crippen molar-refractivity contribution in [1.29, 1.82) is 5.26 Å². The van der Waals surface area contributed by atoms with Gasteiger partial charge in [-0.15, -0.1) is 0 Å². The number of pyridine rings is 1. The minimum Gasteiger partial charge on any atom is -0.492 e. The van der Waals surface area contributed by atoms with E-state index in [2.05, 4.69) is 11.1 Å². The van der Waals surface area contributed by atoms with Gasteiger partial charge in [0.05, 0.1) is 30.0 Å². The number of aliphatic hydroxyl groups is 1. The molecule has 0 bridgehead atoms. The molecule has 0 atom stereocenters. The molecule has 0 spiro atoms. The van der Waals surface area contributed by atoms with E-state index in [1.807, 2.05) is 13.8 Å². The number of carboxylic acids is 1. The zero-order valence-electron chi connectivity index (χ0n) is 13.5. The SMILES string of the molecule is CC(C)(CO)COc1ccc(-c2cc(C(=O)O)ccn2)cc1C#N. The Kier molecular flexibility index (Phi) is 5.17. The van der Waals surface area contributed by atoms with Gasteiger partial charge in [0.25, 0.3) is 0 Å². The molecule has 1 aromatic carbocycles. The molecule has 2 N–H and O–H groups in total. The van der Waals surface area contributed by atoms with Crippen LogP contribution in [0.3, 0.4) is 0 Å². The minimum atomic E-state index is -1.04. The number of nitrogens with zero attached hydrogens (tertiary/aromatic N) is 2. The van der Waals surface area contributed by atoms with Crippen LogP contribution >= 0.6 is 0 Å². The largest absolute Gasteiger partial charge is 0.492 e. The van der Waals surface area contributed by atoms with E-state index in [1.165, 1.54) is 18.3 Å². The molecule has 0 aliphatic carbocycles. The van der Waals surface area contributed by atoms with Gasteiger partial charge in [0.1, 0.15) is 11.8 Å². The Labute approximate surface area is 140 Å². The van der Waals surface area contributed by atoms with Crippen molar-refractivity contribution < 1.29 is 19.7 Å². The fourth-order valence-electron chi connectivity index (χ4n) is 1.94. The van der Waals surface area contributed by atoms with Crippen LogP contribution in [0.25, 0.3) is 11.3 Å². The van der Waals surface area contributed by atoms with Gasteiger partial charge in [0, 0.05) is 17.2 Å². The van der Waals surface area contributed by atoms with Crippen molar-refractivity contribution in [2.75, 3.05) is 13.2 Å². The molecule has 0 unspecified atom stereocenters. The number of hydrogen-bond donors (Lipinski definition) is 2. The molecule has 2 aromatic rings. The maximum Gasteiger partial charge on any atom is 0.335 e. The van der Waals surface area contributed by atoms with E-state index < -0.39 is 11.4 Å². The van der Waals surface area contributed by atoms with E-state index in [0.717, 1.165) is 0 Å². The Hall–Kier alpha value is -2.91. The second kappa shape index (κ2) is 7.11. The van der Waals surface area contributed by atoms with Crippen LogP contribution in [0.2, 0.25) is 0 Å². The third kappa shape index (κ3) is 4.09. The molecule has 6 nitrogen and oxygen atoms in total. The van der Waals surface area contributed by atoms with Gasteiger partial charge in [-0.05, 0) is 30.3 Å². The normalized spacial score (nSPS) is 10.9. The second-order valence-corrected chi connectivity index (χ2v) is 6.17. The van der Waals surface area contributed by atoms with Crippen LogP contribution in [-0.4, -0.2) is 34.4 Å². The summed E-state index contributed by atoms with van der Waals surface area (Å²) in [6.07, 6.45) is 1.42. The summed E-state index contributed by atoms with van der Waals surface area (Å²) in [4.78, 5) is 15.2. The Morgan fingerprint density at radius 2 is 2.08 bits per heavy atom. The topological polar surface area (TPSA) is 103 Å². The van der Waals surface area contributed by atoms with Gasteiger partial charge in [0.15, 0.2) is 0 Å². The van der Waals surface area contributed by atoms with Crippen LogP contribution in [0.1, 0.15) is 29.8 Å². The van der Waals surface area contributed by atoms with Gasteiger partial charge in [-0.3, -0.25) is 4.98 Å². The summed E-state index contributed by atoms with van der Waals surface area (Å²) in [7, 11) is 0. The third-order valence-corrected chi connectivity index (χ3v) is 3.45. The molecule has 1 aromatic heterocycles. The standard InChI is InChI=1S/C18H18N2O4/c1-18(2,10-21)11-24-16-4-3-12(7-14(16)9-19)15-8-13(17(22)23)5-6-20-15/h3-8,21H,10-11H2,1-2H3,(H,22,23). The van der Waals surface area contributed by atoms with Crippen molar-refractivity contribution in [2.24, 2.45) is 5.41 Å². The highest BCUT2D eigenvalue weighted by Gasteiger charge is 2.18. The van der Waals surface area contributed by atoms with E-state index in [-0.39, 0.29) is 18.8 Å². The van der Waals surface area contributed by atoms with Crippen LogP contribution in [-0.2, 0) is 0 Å². The van der Waals surface area contributed by atoms with Crippen molar-refractivity contribution in [2.45, 2.75) is 13.8 Å². The lowest BCUT2D eigenvalue weighted by molar-refractivity contribution is 0.0697. The number of aromatic carboxylic acids is 1. The second-order valence-electron chi connectivity index (χ2n) is 6.17.